The van der Waals surface area contributed by atoms with Crippen LogP contribution in [0.1, 0.15) is 44.9 Å². The first-order chi connectivity index (χ1) is 10.1. The van der Waals surface area contributed by atoms with E-state index in [2.05, 4.69) is 0 Å². The van der Waals surface area contributed by atoms with E-state index in [0.717, 1.165) is 38.5 Å². The Bertz CT molecular complexity index is 351. The molecule has 0 radical (unpaired) electrons. The molecule has 0 bridgehead atoms. The molecule has 0 aliphatic carbocycles. The van der Waals surface area contributed by atoms with Crippen molar-refractivity contribution < 1.29 is 24.4 Å². The number of piperidine rings is 2. The highest BCUT2D eigenvalue weighted by atomic mass is 16.7. The standard InChI is InChI=1S/C14H24N2O5/c17-12(14(19)21-16-9-5-2-6-10-16)11-13(18)20-15-7-3-1-4-8-15/h12,17H,1-11H2. The summed E-state index contributed by atoms with van der Waals surface area (Å²) in [6, 6.07) is 0. The Labute approximate surface area is 124 Å². The molecular formula is C14H24N2O5. The van der Waals surface area contributed by atoms with Crippen molar-refractivity contribution in [1.82, 2.24) is 10.1 Å². The van der Waals surface area contributed by atoms with E-state index in [1.807, 2.05) is 0 Å². The molecule has 21 heavy (non-hydrogen) atoms. The predicted molar refractivity (Wildman–Crippen MR) is 73.7 cm³/mol. The first-order valence-electron chi connectivity index (χ1n) is 7.76. The third-order valence-corrected chi connectivity index (χ3v) is 3.71. The molecule has 7 heteroatoms. The van der Waals surface area contributed by atoms with E-state index in [1.54, 1.807) is 10.1 Å². The number of carbonyl (C=O) groups is 2. The summed E-state index contributed by atoms with van der Waals surface area (Å²) in [4.78, 5) is 33.6. The molecule has 0 aromatic heterocycles. The molecule has 0 amide bonds. The zero-order valence-electron chi connectivity index (χ0n) is 12.3. The Balaban J connectivity index is 1.67. The van der Waals surface area contributed by atoms with Crippen molar-refractivity contribution >= 4 is 11.9 Å². The van der Waals surface area contributed by atoms with Gasteiger partial charge in [-0.1, -0.05) is 12.8 Å². The maximum atomic E-state index is 11.7. The fourth-order valence-electron chi connectivity index (χ4n) is 2.52. The Kier molecular flexibility index (Phi) is 6.41. The number of hydroxylamine groups is 4. The van der Waals surface area contributed by atoms with Crippen LogP contribution in [0.15, 0.2) is 0 Å². The van der Waals surface area contributed by atoms with Crippen LogP contribution >= 0.6 is 0 Å². The number of nitrogens with zero attached hydrogens (tertiary/aromatic N) is 2. The van der Waals surface area contributed by atoms with Crippen LogP contribution in [0.3, 0.4) is 0 Å². The van der Waals surface area contributed by atoms with Gasteiger partial charge >= 0.3 is 11.9 Å². The van der Waals surface area contributed by atoms with Crippen LogP contribution in [0.4, 0.5) is 0 Å². The molecule has 2 rings (SSSR count). The summed E-state index contributed by atoms with van der Waals surface area (Å²) < 4.78 is 0. The molecule has 2 heterocycles. The van der Waals surface area contributed by atoms with Crippen molar-refractivity contribution in [2.75, 3.05) is 26.2 Å². The molecule has 2 saturated heterocycles. The molecule has 1 unspecified atom stereocenters. The normalized spacial score (nSPS) is 22.5. The number of carbonyl (C=O) groups excluding carboxylic acids is 2. The number of hydrogen-bond donors (Lipinski definition) is 1. The SMILES string of the molecule is O=C(CC(O)C(=O)ON1CCCCC1)ON1CCCCC1. The lowest BCUT2D eigenvalue weighted by Crippen LogP contribution is -2.38. The molecule has 1 atom stereocenters. The smallest absolute Gasteiger partial charge is 0.354 e. The third kappa shape index (κ3) is 5.61. The second-order valence-corrected chi connectivity index (χ2v) is 5.57. The summed E-state index contributed by atoms with van der Waals surface area (Å²) in [5.74, 6) is -1.38. The molecule has 0 spiro atoms. The fraction of sp³-hybridized carbons (Fsp3) is 0.857. The van der Waals surface area contributed by atoms with E-state index >= 15 is 0 Å². The van der Waals surface area contributed by atoms with E-state index in [0.29, 0.717) is 26.2 Å². The Hall–Kier alpha value is -1.18. The van der Waals surface area contributed by atoms with Crippen LogP contribution in [-0.4, -0.2) is 59.5 Å². The first-order valence-corrected chi connectivity index (χ1v) is 7.76. The monoisotopic (exact) mass is 300 g/mol. The van der Waals surface area contributed by atoms with Crippen molar-refractivity contribution in [3.63, 3.8) is 0 Å². The zero-order chi connectivity index (χ0) is 15.1. The van der Waals surface area contributed by atoms with Crippen molar-refractivity contribution in [3.8, 4) is 0 Å². The van der Waals surface area contributed by atoms with Gasteiger partial charge in [-0.2, -0.15) is 0 Å². The Morgan fingerprint density at radius 1 is 0.857 bits per heavy atom. The Morgan fingerprint density at radius 3 is 1.86 bits per heavy atom. The molecule has 2 aliphatic heterocycles. The number of hydrogen-bond acceptors (Lipinski definition) is 7. The van der Waals surface area contributed by atoms with Gasteiger partial charge in [-0.25, -0.2) is 4.79 Å². The quantitative estimate of drug-likeness (QED) is 0.797. The zero-order valence-corrected chi connectivity index (χ0v) is 12.3. The van der Waals surface area contributed by atoms with Gasteiger partial charge in [0.2, 0.25) is 0 Å². The maximum absolute atomic E-state index is 11.7. The van der Waals surface area contributed by atoms with Gasteiger partial charge in [0.15, 0.2) is 6.10 Å². The maximum Gasteiger partial charge on any atom is 0.354 e. The van der Waals surface area contributed by atoms with Crippen molar-refractivity contribution in [1.29, 1.82) is 0 Å². The summed E-state index contributed by atoms with van der Waals surface area (Å²) in [6.07, 6.45) is 4.35. The van der Waals surface area contributed by atoms with Crippen molar-refractivity contribution in [2.45, 2.75) is 51.0 Å². The number of rotatable bonds is 5. The predicted octanol–water partition coefficient (Wildman–Crippen LogP) is 0.626. The van der Waals surface area contributed by atoms with Gasteiger partial charge in [0.05, 0.1) is 6.42 Å². The van der Waals surface area contributed by atoms with E-state index in [1.165, 1.54) is 0 Å². The highest BCUT2D eigenvalue weighted by molar-refractivity contribution is 5.81. The topological polar surface area (TPSA) is 79.3 Å². The molecule has 2 fully saturated rings. The second kappa shape index (κ2) is 8.31. The number of aliphatic hydroxyl groups excluding tert-OH is 1. The number of aliphatic hydroxyl groups is 1. The summed E-state index contributed by atoms with van der Waals surface area (Å²) in [7, 11) is 0. The molecular weight excluding hydrogens is 276 g/mol. The van der Waals surface area contributed by atoms with Crippen molar-refractivity contribution in [2.24, 2.45) is 0 Å². The second-order valence-electron chi connectivity index (χ2n) is 5.57. The third-order valence-electron chi connectivity index (χ3n) is 3.71. The minimum atomic E-state index is -1.47. The summed E-state index contributed by atoms with van der Waals surface area (Å²) in [6.45, 7) is 2.77. The fourth-order valence-corrected chi connectivity index (χ4v) is 2.52. The van der Waals surface area contributed by atoms with Gasteiger partial charge < -0.3 is 14.8 Å². The van der Waals surface area contributed by atoms with Crippen molar-refractivity contribution in [3.05, 3.63) is 0 Å². The van der Waals surface area contributed by atoms with Gasteiger partial charge in [-0.3, -0.25) is 4.79 Å². The van der Waals surface area contributed by atoms with Crippen LogP contribution in [0.5, 0.6) is 0 Å². The lowest BCUT2D eigenvalue weighted by Gasteiger charge is -2.26. The highest BCUT2D eigenvalue weighted by Gasteiger charge is 2.26. The summed E-state index contributed by atoms with van der Waals surface area (Å²) in [5.41, 5.74) is 0. The molecule has 2 aliphatic rings. The lowest BCUT2D eigenvalue weighted by atomic mass is 10.2. The van der Waals surface area contributed by atoms with Gasteiger partial charge in [0.25, 0.3) is 0 Å². The van der Waals surface area contributed by atoms with E-state index < -0.39 is 18.0 Å². The van der Waals surface area contributed by atoms with Crippen LogP contribution in [0.25, 0.3) is 0 Å². The molecule has 0 aromatic rings. The molecule has 0 saturated carbocycles. The summed E-state index contributed by atoms with van der Waals surface area (Å²) >= 11 is 0. The minimum absolute atomic E-state index is 0.372. The average molecular weight is 300 g/mol. The van der Waals surface area contributed by atoms with Gasteiger partial charge in [0.1, 0.15) is 0 Å². The molecule has 1 N–H and O–H groups in total. The van der Waals surface area contributed by atoms with E-state index in [-0.39, 0.29) is 6.42 Å². The van der Waals surface area contributed by atoms with Crippen LogP contribution in [-0.2, 0) is 19.3 Å². The molecule has 0 aromatic carbocycles. The minimum Gasteiger partial charge on any atom is -0.381 e. The average Bonchev–Trinajstić information content (AvgIpc) is 2.49. The van der Waals surface area contributed by atoms with Gasteiger partial charge in [-0.05, 0) is 25.7 Å². The summed E-state index contributed by atoms with van der Waals surface area (Å²) in [5, 5.41) is 12.9. The lowest BCUT2D eigenvalue weighted by molar-refractivity contribution is -0.210. The highest BCUT2D eigenvalue weighted by Crippen LogP contribution is 2.12. The molecule has 7 nitrogen and oxygen atoms in total. The van der Waals surface area contributed by atoms with Gasteiger partial charge in [0, 0.05) is 26.2 Å². The Morgan fingerprint density at radius 2 is 1.33 bits per heavy atom. The molecule has 120 valence electrons. The van der Waals surface area contributed by atoms with E-state index in [9.17, 15) is 14.7 Å². The van der Waals surface area contributed by atoms with Gasteiger partial charge in [-0.15, -0.1) is 10.1 Å². The largest absolute Gasteiger partial charge is 0.381 e. The van der Waals surface area contributed by atoms with Crippen LogP contribution in [0, 0.1) is 0 Å². The van der Waals surface area contributed by atoms with Crippen LogP contribution in [0.2, 0.25) is 0 Å². The first kappa shape index (κ1) is 16.2. The van der Waals surface area contributed by atoms with Crippen LogP contribution < -0.4 is 0 Å². The van der Waals surface area contributed by atoms with E-state index in [4.69, 9.17) is 9.68 Å².